The van der Waals surface area contributed by atoms with Crippen LogP contribution in [0.3, 0.4) is 0 Å². The lowest BCUT2D eigenvalue weighted by atomic mass is 9.81. The predicted molar refractivity (Wildman–Crippen MR) is 134 cm³/mol. The fourth-order valence-corrected chi connectivity index (χ4v) is 7.51. The minimum Gasteiger partial charge on any atom is -0.497 e. The van der Waals surface area contributed by atoms with E-state index in [0.717, 1.165) is 33.7 Å². The smallest absolute Gasteiger partial charge is 0.243 e. The van der Waals surface area contributed by atoms with Crippen LogP contribution in [-0.4, -0.2) is 51.2 Å². The fourth-order valence-electron chi connectivity index (χ4n) is 5.62. The molecule has 7 heteroatoms. The molecule has 1 N–H and O–H groups in total. The number of benzene rings is 3. The molecule has 0 aromatic heterocycles. The first-order chi connectivity index (χ1) is 16.4. The molecule has 0 aliphatic carbocycles. The van der Waals surface area contributed by atoms with Crippen LogP contribution in [0.5, 0.6) is 5.75 Å². The van der Waals surface area contributed by atoms with E-state index in [2.05, 4.69) is 17.0 Å². The SMILES string of the molecule is COc1ccc(-c2ccc3c(c2)[C@@H]2[C@@H](CCN2S(=O)(=O)c2ccccc2C)[C@H](CO)N3C)cc1. The molecular weight excluding hydrogens is 448 g/mol. The summed E-state index contributed by atoms with van der Waals surface area (Å²) in [6.07, 6.45) is 0.706. The van der Waals surface area contributed by atoms with E-state index in [1.165, 1.54) is 0 Å². The van der Waals surface area contributed by atoms with Gasteiger partial charge in [0, 0.05) is 25.2 Å². The fraction of sp³-hybridized carbons (Fsp3) is 0.333. The highest BCUT2D eigenvalue weighted by Crippen LogP contribution is 2.51. The van der Waals surface area contributed by atoms with Crippen molar-refractivity contribution in [1.29, 1.82) is 0 Å². The number of hydrogen-bond donors (Lipinski definition) is 1. The van der Waals surface area contributed by atoms with Crippen molar-refractivity contribution >= 4 is 15.7 Å². The van der Waals surface area contributed by atoms with Gasteiger partial charge in [-0.1, -0.05) is 36.4 Å². The summed E-state index contributed by atoms with van der Waals surface area (Å²) in [5.41, 5.74) is 4.75. The van der Waals surface area contributed by atoms with Crippen LogP contribution in [0, 0.1) is 12.8 Å². The van der Waals surface area contributed by atoms with Crippen molar-refractivity contribution in [2.45, 2.75) is 30.3 Å². The summed E-state index contributed by atoms with van der Waals surface area (Å²) in [4.78, 5) is 2.46. The Kier molecular flexibility index (Phi) is 5.88. The zero-order valence-corrected chi connectivity index (χ0v) is 20.5. The van der Waals surface area contributed by atoms with Crippen LogP contribution in [0.2, 0.25) is 0 Å². The van der Waals surface area contributed by atoms with Gasteiger partial charge in [-0.25, -0.2) is 8.42 Å². The van der Waals surface area contributed by atoms with Crippen molar-refractivity contribution in [3.05, 3.63) is 77.9 Å². The molecule has 2 aliphatic heterocycles. The Morgan fingerprint density at radius 3 is 2.41 bits per heavy atom. The number of anilines is 1. The molecule has 2 heterocycles. The highest BCUT2D eigenvalue weighted by Gasteiger charge is 2.50. The minimum atomic E-state index is -3.70. The number of aliphatic hydroxyl groups excluding tert-OH is 1. The second kappa shape index (κ2) is 8.73. The number of fused-ring (bicyclic) bond motifs is 3. The highest BCUT2D eigenvalue weighted by atomic mass is 32.2. The van der Waals surface area contributed by atoms with Crippen molar-refractivity contribution in [2.75, 3.05) is 32.2 Å². The Morgan fingerprint density at radius 2 is 1.74 bits per heavy atom. The average Bonchev–Trinajstić information content (AvgIpc) is 3.30. The first kappa shape index (κ1) is 22.9. The summed E-state index contributed by atoms with van der Waals surface area (Å²) in [6.45, 7) is 2.25. The van der Waals surface area contributed by atoms with E-state index in [1.807, 2.05) is 56.4 Å². The number of methoxy groups -OCH3 is 1. The summed E-state index contributed by atoms with van der Waals surface area (Å²) in [5, 5.41) is 10.2. The van der Waals surface area contributed by atoms with Crippen molar-refractivity contribution in [1.82, 2.24) is 4.31 Å². The normalized spacial score (nSPS) is 22.4. The Balaban J connectivity index is 1.64. The molecule has 0 radical (unpaired) electrons. The van der Waals surface area contributed by atoms with E-state index in [0.29, 0.717) is 17.9 Å². The highest BCUT2D eigenvalue weighted by molar-refractivity contribution is 7.89. The summed E-state index contributed by atoms with van der Waals surface area (Å²) in [7, 11) is -0.0700. The van der Waals surface area contributed by atoms with Crippen molar-refractivity contribution < 1.29 is 18.3 Å². The van der Waals surface area contributed by atoms with Gasteiger partial charge in [0.05, 0.1) is 30.7 Å². The Hall–Kier alpha value is -2.87. The van der Waals surface area contributed by atoms with Gasteiger partial charge in [0.1, 0.15) is 5.75 Å². The zero-order chi connectivity index (χ0) is 24.0. The van der Waals surface area contributed by atoms with Crippen LogP contribution in [0.1, 0.15) is 23.6 Å². The Morgan fingerprint density at radius 1 is 1.03 bits per heavy atom. The lowest BCUT2D eigenvalue weighted by Crippen LogP contribution is -2.48. The second-order valence-electron chi connectivity index (χ2n) is 9.14. The van der Waals surface area contributed by atoms with Crippen molar-refractivity contribution in [3.8, 4) is 16.9 Å². The first-order valence-electron chi connectivity index (χ1n) is 11.6. The molecule has 34 heavy (non-hydrogen) atoms. The van der Waals surface area contributed by atoms with Gasteiger partial charge in [-0.05, 0) is 65.9 Å². The topological polar surface area (TPSA) is 70.1 Å². The molecule has 178 valence electrons. The number of rotatable bonds is 5. The van der Waals surface area contributed by atoms with E-state index in [-0.39, 0.29) is 24.6 Å². The maximum absolute atomic E-state index is 13.9. The van der Waals surface area contributed by atoms with Gasteiger partial charge in [-0.2, -0.15) is 4.31 Å². The van der Waals surface area contributed by atoms with Gasteiger partial charge < -0.3 is 14.7 Å². The number of likely N-dealkylation sites (N-methyl/N-ethyl adjacent to an activating group) is 1. The third-order valence-corrected chi connectivity index (χ3v) is 9.45. The molecule has 3 aromatic rings. The first-order valence-corrected chi connectivity index (χ1v) is 13.0. The van der Waals surface area contributed by atoms with E-state index in [1.54, 1.807) is 23.5 Å². The average molecular weight is 479 g/mol. The van der Waals surface area contributed by atoms with Crippen LogP contribution in [-0.2, 0) is 10.0 Å². The molecule has 1 fully saturated rings. The summed E-state index contributed by atoms with van der Waals surface area (Å²) >= 11 is 0. The number of aryl methyl sites for hydroxylation is 1. The van der Waals surface area contributed by atoms with E-state index in [4.69, 9.17) is 4.74 Å². The Labute approximate surface area is 201 Å². The van der Waals surface area contributed by atoms with Gasteiger partial charge in [0.15, 0.2) is 0 Å². The summed E-state index contributed by atoms with van der Waals surface area (Å²) in [5.74, 6) is 0.797. The largest absolute Gasteiger partial charge is 0.497 e. The van der Waals surface area contributed by atoms with Gasteiger partial charge in [-0.15, -0.1) is 0 Å². The van der Waals surface area contributed by atoms with Crippen LogP contribution in [0.4, 0.5) is 5.69 Å². The summed E-state index contributed by atoms with van der Waals surface area (Å²) in [6, 6.07) is 20.8. The van der Waals surface area contributed by atoms with E-state index in [9.17, 15) is 13.5 Å². The van der Waals surface area contributed by atoms with Crippen LogP contribution in [0.15, 0.2) is 71.6 Å². The molecule has 3 aromatic carbocycles. The quantitative estimate of drug-likeness (QED) is 0.594. The summed E-state index contributed by atoms with van der Waals surface area (Å²) < 4.78 is 34.7. The van der Waals surface area contributed by atoms with Gasteiger partial charge >= 0.3 is 0 Å². The van der Waals surface area contributed by atoms with Crippen LogP contribution < -0.4 is 9.64 Å². The molecule has 0 saturated carbocycles. The molecule has 0 amide bonds. The molecule has 2 aliphatic rings. The second-order valence-corrected chi connectivity index (χ2v) is 11.0. The molecule has 0 bridgehead atoms. The standard InChI is InChI=1S/C27H30N2O4S/c1-18-6-4-5-7-26(18)34(31,32)29-15-14-22-25(17-30)28(2)24-13-10-20(16-23(24)27(22)29)19-8-11-21(33-3)12-9-19/h4-13,16,22,25,27,30H,14-15,17H2,1-3H3/t22-,25-,27-/m0/s1. The van der Waals surface area contributed by atoms with Gasteiger partial charge in [0.2, 0.25) is 10.0 Å². The van der Waals surface area contributed by atoms with E-state index >= 15 is 0 Å². The lowest BCUT2D eigenvalue weighted by molar-refractivity contribution is 0.193. The predicted octanol–water partition coefficient (Wildman–Crippen LogP) is 4.23. The molecule has 6 nitrogen and oxygen atoms in total. The van der Waals surface area contributed by atoms with Crippen molar-refractivity contribution in [2.24, 2.45) is 5.92 Å². The van der Waals surface area contributed by atoms with Crippen molar-refractivity contribution in [3.63, 3.8) is 0 Å². The van der Waals surface area contributed by atoms with Gasteiger partial charge in [0.25, 0.3) is 0 Å². The number of aliphatic hydroxyl groups is 1. The maximum Gasteiger partial charge on any atom is 0.243 e. The number of ether oxygens (including phenoxy) is 1. The van der Waals surface area contributed by atoms with Crippen LogP contribution >= 0.6 is 0 Å². The zero-order valence-electron chi connectivity index (χ0n) is 19.7. The molecule has 0 spiro atoms. The van der Waals surface area contributed by atoms with Crippen LogP contribution in [0.25, 0.3) is 11.1 Å². The Bertz CT molecular complexity index is 1310. The third-order valence-electron chi connectivity index (χ3n) is 7.41. The number of sulfonamides is 1. The lowest BCUT2D eigenvalue weighted by Gasteiger charge is -2.44. The molecular formula is C27H30N2O4S. The molecule has 3 atom stereocenters. The number of nitrogens with zero attached hydrogens (tertiary/aromatic N) is 2. The minimum absolute atomic E-state index is 0.00686. The maximum atomic E-state index is 13.9. The van der Waals surface area contributed by atoms with E-state index < -0.39 is 10.0 Å². The van der Waals surface area contributed by atoms with Gasteiger partial charge in [-0.3, -0.25) is 0 Å². The third kappa shape index (κ3) is 3.59. The molecule has 5 rings (SSSR count). The number of hydrogen-bond acceptors (Lipinski definition) is 5. The molecule has 0 unspecified atom stereocenters. The monoisotopic (exact) mass is 478 g/mol. The molecule has 1 saturated heterocycles.